The summed E-state index contributed by atoms with van der Waals surface area (Å²) in [6, 6.07) is 9.73. The molecule has 0 spiro atoms. The normalized spacial score (nSPS) is 12.2. The number of hydrogen-bond acceptors (Lipinski definition) is 2. The van der Waals surface area contributed by atoms with Crippen molar-refractivity contribution in [1.82, 2.24) is 5.32 Å². The third-order valence-corrected chi connectivity index (χ3v) is 3.99. The number of halogens is 3. The van der Waals surface area contributed by atoms with Crippen LogP contribution in [0.1, 0.15) is 17.2 Å². The number of nitrogens with one attached hydrogen (secondary N) is 1. The molecule has 0 saturated heterocycles. The van der Waals surface area contributed by atoms with Crippen LogP contribution in [-0.4, -0.2) is 14.2 Å². The number of likely N-dealkylation sites (N-methyl/N-ethyl adjacent to an activating group) is 1. The summed E-state index contributed by atoms with van der Waals surface area (Å²) in [7, 11) is 3.23. The molecule has 0 bridgehead atoms. The first kappa shape index (κ1) is 15.9. The fourth-order valence-electron chi connectivity index (χ4n) is 2.21. The topological polar surface area (TPSA) is 21.3 Å². The first-order valence-electron chi connectivity index (χ1n) is 6.50. The number of hydrogen-bond donors (Lipinski definition) is 1. The van der Waals surface area contributed by atoms with E-state index < -0.39 is 0 Å². The van der Waals surface area contributed by atoms with Gasteiger partial charge in [0.25, 0.3) is 0 Å². The average Bonchev–Trinajstić information content (AvgIpc) is 2.49. The quantitative estimate of drug-likeness (QED) is 0.865. The van der Waals surface area contributed by atoms with Crippen LogP contribution < -0.4 is 10.1 Å². The second kappa shape index (κ2) is 7.00. The van der Waals surface area contributed by atoms with Gasteiger partial charge in [0.2, 0.25) is 0 Å². The van der Waals surface area contributed by atoms with Crippen molar-refractivity contribution in [3.05, 3.63) is 63.6 Å². The van der Waals surface area contributed by atoms with Gasteiger partial charge in [-0.05, 0) is 58.7 Å². The second-order valence-electron chi connectivity index (χ2n) is 4.65. The Labute approximate surface area is 131 Å². The van der Waals surface area contributed by atoms with Gasteiger partial charge in [-0.2, -0.15) is 0 Å². The fourth-order valence-corrected chi connectivity index (χ4v) is 2.60. The van der Waals surface area contributed by atoms with Gasteiger partial charge in [0.05, 0.1) is 11.6 Å². The first-order chi connectivity index (χ1) is 10.1. The zero-order valence-corrected chi connectivity index (χ0v) is 13.4. The lowest BCUT2D eigenvalue weighted by Gasteiger charge is -2.18. The van der Waals surface area contributed by atoms with Crippen LogP contribution in [0.2, 0.25) is 0 Å². The Balaban J connectivity index is 2.29. The zero-order chi connectivity index (χ0) is 15.4. The van der Waals surface area contributed by atoms with E-state index >= 15 is 0 Å². The van der Waals surface area contributed by atoms with Crippen molar-refractivity contribution >= 4 is 15.9 Å². The van der Waals surface area contributed by atoms with Gasteiger partial charge < -0.3 is 10.1 Å². The van der Waals surface area contributed by atoms with Gasteiger partial charge >= 0.3 is 0 Å². The molecule has 0 aromatic heterocycles. The van der Waals surface area contributed by atoms with Gasteiger partial charge in [-0.25, -0.2) is 8.78 Å². The Hall–Kier alpha value is -1.46. The number of benzene rings is 2. The van der Waals surface area contributed by atoms with Crippen molar-refractivity contribution in [2.24, 2.45) is 0 Å². The maximum Gasteiger partial charge on any atom is 0.168 e. The van der Waals surface area contributed by atoms with E-state index in [2.05, 4.69) is 21.2 Å². The molecule has 2 nitrogen and oxygen atoms in total. The summed E-state index contributed by atoms with van der Waals surface area (Å²) in [5.41, 5.74) is 1.43. The molecule has 0 fully saturated rings. The Kier molecular flexibility index (Phi) is 5.31. The molecule has 21 heavy (non-hydrogen) atoms. The Morgan fingerprint density at radius 1 is 1.24 bits per heavy atom. The Morgan fingerprint density at radius 2 is 2.00 bits per heavy atom. The molecule has 112 valence electrons. The SMILES string of the molecule is CNC(Cc1cccc(OC)c1F)c1ccc(F)c(Br)c1. The van der Waals surface area contributed by atoms with Crippen molar-refractivity contribution in [2.45, 2.75) is 12.5 Å². The number of ether oxygens (including phenoxy) is 1. The second-order valence-corrected chi connectivity index (χ2v) is 5.51. The average molecular weight is 356 g/mol. The third kappa shape index (κ3) is 3.60. The van der Waals surface area contributed by atoms with E-state index in [9.17, 15) is 8.78 Å². The van der Waals surface area contributed by atoms with Crippen LogP contribution in [0.5, 0.6) is 5.75 Å². The van der Waals surface area contributed by atoms with Crippen molar-refractivity contribution in [3.63, 3.8) is 0 Å². The van der Waals surface area contributed by atoms with E-state index in [1.54, 1.807) is 37.4 Å². The number of methoxy groups -OCH3 is 1. The van der Waals surface area contributed by atoms with Crippen molar-refractivity contribution in [2.75, 3.05) is 14.2 Å². The maximum absolute atomic E-state index is 14.2. The summed E-state index contributed by atoms with van der Waals surface area (Å²) in [6.45, 7) is 0. The molecule has 1 N–H and O–H groups in total. The van der Waals surface area contributed by atoms with E-state index in [-0.39, 0.29) is 23.4 Å². The zero-order valence-electron chi connectivity index (χ0n) is 11.8. The highest BCUT2D eigenvalue weighted by atomic mass is 79.9. The minimum atomic E-state index is -0.360. The Bertz CT molecular complexity index is 634. The molecule has 0 aliphatic heterocycles. The first-order valence-corrected chi connectivity index (χ1v) is 7.29. The molecular formula is C16H16BrF2NO. The van der Waals surface area contributed by atoms with Crippen molar-refractivity contribution in [1.29, 1.82) is 0 Å². The lowest BCUT2D eigenvalue weighted by Crippen LogP contribution is -2.19. The predicted molar refractivity (Wildman–Crippen MR) is 82.6 cm³/mol. The molecule has 0 saturated carbocycles. The van der Waals surface area contributed by atoms with Gasteiger partial charge in [-0.15, -0.1) is 0 Å². The molecule has 5 heteroatoms. The van der Waals surface area contributed by atoms with Crippen LogP contribution in [0.25, 0.3) is 0 Å². The summed E-state index contributed by atoms with van der Waals surface area (Å²) in [5, 5.41) is 3.13. The molecule has 2 aromatic rings. The van der Waals surface area contributed by atoms with Crippen LogP contribution >= 0.6 is 15.9 Å². The minimum Gasteiger partial charge on any atom is -0.494 e. The molecule has 0 aliphatic rings. The smallest absolute Gasteiger partial charge is 0.168 e. The Morgan fingerprint density at radius 3 is 2.62 bits per heavy atom. The molecule has 2 aromatic carbocycles. The fraction of sp³-hybridized carbons (Fsp3) is 0.250. The summed E-state index contributed by atoms with van der Waals surface area (Å²) >= 11 is 3.17. The van der Waals surface area contributed by atoms with E-state index in [1.807, 2.05) is 0 Å². The van der Waals surface area contributed by atoms with Gasteiger partial charge in [0.15, 0.2) is 11.6 Å². The van der Waals surface area contributed by atoms with Crippen LogP contribution in [0, 0.1) is 11.6 Å². The molecule has 1 unspecified atom stereocenters. The highest BCUT2D eigenvalue weighted by Gasteiger charge is 2.16. The highest BCUT2D eigenvalue weighted by molar-refractivity contribution is 9.10. The van der Waals surface area contributed by atoms with Gasteiger partial charge in [0, 0.05) is 6.04 Å². The van der Waals surface area contributed by atoms with E-state index in [1.165, 1.54) is 13.2 Å². The summed E-state index contributed by atoms with van der Waals surface area (Å²) in [4.78, 5) is 0. The third-order valence-electron chi connectivity index (χ3n) is 3.38. The summed E-state index contributed by atoms with van der Waals surface area (Å²) in [6.07, 6.45) is 0.442. The van der Waals surface area contributed by atoms with Crippen molar-refractivity contribution < 1.29 is 13.5 Å². The van der Waals surface area contributed by atoms with E-state index in [0.717, 1.165) is 5.56 Å². The molecule has 0 heterocycles. The molecular weight excluding hydrogens is 340 g/mol. The van der Waals surface area contributed by atoms with Gasteiger partial charge in [-0.3, -0.25) is 0 Å². The lowest BCUT2D eigenvalue weighted by molar-refractivity contribution is 0.383. The largest absolute Gasteiger partial charge is 0.494 e. The maximum atomic E-state index is 14.2. The highest BCUT2D eigenvalue weighted by Crippen LogP contribution is 2.27. The number of rotatable bonds is 5. The van der Waals surface area contributed by atoms with E-state index in [0.29, 0.717) is 16.5 Å². The van der Waals surface area contributed by atoms with Crippen LogP contribution in [0.3, 0.4) is 0 Å². The van der Waals surface area contributed by atoms with Crippen LogP contribution in [0.4, 0.5) is 8.78 Å². The predicted octanol–water partition coefficient (Wildman–Crippen LogP) is 4.24. The molecule has 0 radical (unpaired) electrons. The molecule has 0 aliphatic carbocycles. The summed E-state index contributed by atoms with van der Waals surface area (Å²) < 4.78 is 32.9. The standard InChI is InChI=1S/C16H16BrF2NO/c1-20-14(10-6-7-13(18)12(17)8-10)9-11-4-3-5-15(21-2)16(11)19/h3-8,14,20H,9H2,1-2H3. The molecule has 1 atom stereocenters. The molecule has 0 amide bonds. The van der Waals surface area contributed by atoms with Crippen molar-refractivity contribution in [3.8, 4) is 5.75 Å². The monoisotopic (exact) mass is 355 g/mol. The molecule has 2 rings (SSSR count). The lowest BCUT2D eigenvalue weighted by atomic mass is 9.98. The van der Waals surface area contributed by atoms with Gasteiger partial charge in [-0.1, -0.05) is 18.2 Å². The van der Waals surface area contributed by atoms with Gasteiger partial charge in [0.1, 0.15) is 5.82 Å². The van der Waals surface area contributed by atoms with Crippen LogP contribution in [0.15, 0.2) is 40.9 Å². The van der Waals surface area contributed by atoms with Crippen LogP contribution in [-0.2, 0) is 6.42 Å². The van der Waals surface area contributed by atoms with E-state index in [4.69, 9.17) is 4.74 Å². The summed E-state index contributed by atoms with van der Waals surface area (Å²) in [5.74, 6) is -0.453. The minimum absolute atomic E-state index is 0.122.